The van der Waals surface area contributed by atoms with Crippen molar-refractivity contribution in [1.29, 1.82) is 0 Å². The van der Waals surface area contributed by atoms with Gasteiger partial charge >= 0.3 is 0 Å². The summed E-state index contributed by atoms with van der Waals surface area (Å²) in [5, 5.41) is 6.68. The van der Waals surface area contributed by atoms with E-state index in [0.29, 0.717) is 19.6 Å². The summed E-state index contributed by atoms with van der Waals surface area (Å²) in [5.74, 6) is 1.29. The molecule has 2 aromatic carbocycles. The van der Waals surface area contributed by atoms with Gasteiger partial charge < -0.3 is 20.1 Å². The van der Waals surface area contributed by atoms with Gasteiger partial charge in [-0.1, -0.05) is 30.3 Å². The summed E-state index contributed by atoms with van der Waals surface area (Å²) in [5.41, 5.74) is 3.17. The number of hydrogen-bond acceptors (Lipinski definition) is 3. The number of nitrogens with zero attached hydrogens (tertiary/aromatic N) is 1. The number of rotatable bonds is 7. The lowest BCUT2D eigenvalue weighted by molar-refractivity contribution is -0.0172. The molecular formula is C23H29FIN3O2. The van der Waals surface area contributed by atoms with E-state index < -0.39 is 0 Å². The van der Waals surface area contributed by atoms with Crippen LogP contribution in [0, 0.1) is 5.82 Å². The van der Waals surface area contributed by atoms with E-state index in [1.807, 2.05) is 0 Å². The van der Waals surface area contributed by atoms with Crippen LogP contribution in [0.4, 0.5) is 4.39 Å². The molecule has 1 aliphatic heterocycles. The van der Waals surface area contributed by atoms with Crippen molar-refractivity contribution in [2.75, 3.05) is 26.4 Å². The molecule has 0 aromatic heterocycles. The second kappa shape index (κ2) is 10.4. The maximum Gasteiger partial charge on any atom is 0.191 e. The fraction of sp³-hybridized carbons (Fsp3) is 0.435. The minimum atomic E-state index is -0.257. The van der Waals surface area contributed by atoms with Gasteiger partial charge in [-0.25, -0.2) is 4.39 Å². The molecule has 2 aromatic rings. The van der Waals surface area contributed by atoms with Crippen molar-refractivity contribution in [3.8, 4) is 5.75 Å². The molecule has 0 unspecified atom stereocenters. The zero-order chi connectivity index (χ0) is 20.1. The number of aliphatic imine (C=N–C) groups is 1. The molecule has 1 heterocycles. The van der Waals surface area contributed by atoms with Gasteiger partial charge in [0.2, 0.25) is 0 Å². The predicted octanol–water partition coefficient (Wildman–Crippen LogP) is 4.14. The normalized spacial score (nSPS) is 16.7. The first-order valence-corrected chi connectivity index (χ1v) is 10.3. The Labute approximate surface area is 194 Å². The highest BCUT2D eigenvalue weighted by Crippen LogP contribution is 2.48. The highest BCUT2D eigenvalue weighted by Gasteiger charge is 2.43. The highest BCUT2D eigenvalue weighted by molar-refractivity contribution is 14.0. The van der Waals surface area contributed by atoms with Crippen molar-refractivity contribution in [3.63, 3.8) is 0 Å². The second-order valence-electron chi connectivity index (χ2n) is 7.68. The number of benzene rings is 2. The van der Waals surface area contributed by atoms with E-state index >= 15 is 0 Å². The smallest absolute Gasteiger partial charge is 0.191 e. The zero-order valence-corrected chi connectivity index (χ0v) is 19.6. The molecule has 0 amide bonds. The Morgan fingerprint density at radius 1 is 1.17 bits per heavy atom. The zero-order valence-electron chi connectivity index (χ0n) is 17.2. The Hall–Kier alpha value is -1.87. The van der Waals surface area contributed by atoms with Gasteiger partial charge in [0.05, 0.1) is 13.2 Å². The second-order valence-corrected chi connectivity index (χ2v) is 7.68. The third kappa shape index (κ3) is 5.43. The van der Waals surface area contributed by atoms with Crippen molar-refractivity contribution in [2.24, 2.45) is 4.99 Å². The number of nitrogens with one attached hydrogen (secondary N) is 2. The molecule has 0 radical (unpaired) electrons. The van der Waals surface area contributed by atoms with Crippen LogP contribution in [0.3, 0.4) is 0 Å². The number of hydrogen-bond donors (Lipinski definition) is 2. The molecule has 7 heteroatoms. The van der Waals surface area contributed by atoms with E-state index in [2.05, 4.69) is 47.9 Å². The Balaban J connectivity index is 0.00000256. The molecule has 1 saturated carbocycles. The van der Waals surface area contributed by atoms with Gasteiger partial charge in [0.15, 0.2) is 12.8 Å². The van der Waals surface area contributed by atoms with Crippen molar-refractivity contribution < 1.29 is 13.9 Å². The van der Waals surface area contributed by atoms with Crippen LogP contribution in [0.1, 0.15) is 36.5 Å². The maximum absolute atomic E-state index is 13.9. The van der Waals surface area contributed by atoms with E-state index in [1.165, 1.54) is 24.5 Å². The lowest BCUT2D eigenvalue weighted by atomic mass is 9.96. The van der Waals surface area contributed by atoms with E-state index in [-0.39, 0.29) is 42.0 Å². The van der Waals surface area contributed by atoms with Crippen LogP contribution in [0.5, 0.6) is 5.75 Å². The summed E-state index contributed by atoms with van der Waals surface area (Å²) in [7, 11) is 0. The van der Waals surface area contributed by atoms with Gasteiger partial charge in [0.25, 0.3) is 0 Å². The molecular weight excluding hydrogens is 496 g/mol. The third-order valence-corrected chi connectivity index (χ3v) is 5.56. The topological polar surface area (TPSA) is 54.9 Å². The molecule has 5 nitrogen and oxygen atoms in total. The molecule has 2 N–H and O–H groups in total. The van der Waals surface area contributed by atoms with Crippen LogP contribution in [-0.4, -0.2) is 32.4 Å². The first kappa shape index (κ1) is 22.8. The summed E-state index contributed by atoms with van der Waals surface area (Å²) < 4.78 is 24.8. The van der Waals surface area contributed by atoms with Crippen LogP contribution in [-0.2, 0) is 23.2 Å². The summed E-state index contributed by atoms with van der Waals surface area (Å²) in [4.78, 5) is 4.83. The van der Waals surface area contributed by atoms with Crippen molar-refractivity contribution in [3.05, 3.63) is 65.0 Å². The Morgan fingerprint density at radius 2 is 1.97 bits per heavy atom. The van der Waals surface area contributed by atoms with Crippen LogP contribution < -0.4 is 15.4 Å². The number of halogens is 2. The average Bonchev–Trinajstić information content (AvgIpc) is 3.54. The molecule has 4 rings (SSSR count). The Bertz CT molecular complexity index is 872. The molecule has 0 atom stereocenters. The van der Waals surface area contributed by atoms with Gasteiger partial charge in [0.1, 0.15) is 11.6 Å². The molecule has 162 valence electrons. The van der Waals surface area contributed by atoms with Crippen LogP contribution >= 0.6 is 24.0 Å². The van der Waals surface area contributed by atoms with Crippen LogP contribution in [0.25, 0.3) is 0 Å². The van der Waals surface area contributed by atoms with Gasteiger partial charge in [-0.3, -0.25) is 4.99 Å². The fourth-order valence-corrected chi connectivity index (χ4v) is 3.81. The molecule has 1 fully saturated rings. The lowest BCUT2D eigenvalue weighted by Crippen LogP contribution is -2.39. The summed E-state index contributed by atoms with van der Waals surface area (Å²) >= 11 is 0. The van der Waals surface area contributed by atoms with Crippen molar-refractivity contribution >= 4 is 29.9 Å². The van der Waals surface area contributed by atoms with Crippen molar-refractivity contribution in [1.82, 2.24) is 10.6 Å². The minimum Gasteiger partial charge on any atom is -0.467 e. The Morgan fingerprint density at radius 3 is 2.70 bits per heavy atom. The van der Waals surface area contributed by atoms with E-state index in [0.717, 1.165) is 35.9 Å². The number of ether oxygens (including phenoxy) is 2. The SMILES string of the molecule is CCNC(=NCC1(c2ccccc2)CC1)NCCc1cc(F)cc2c1OCOC2.I. The number of fused-ring (bicyclic) bond motifs is 1. The van der Waals surface area contributed by atoms with E-state index in [1.54, 1.807) is 6.07 Å². The van der Waals surface area contributed by atoms with E-state index in [9.17, 15) is 4.39 Å². The Kier molecular flexibility index (Phi) is 7.93. The maximum atomic E-state index is 13.9. The predicted molar refractivity (Wildman–Crippen MR) is 127 cm³/mol. The molecule has 30 heavy (non-hydrogen) atoms. The van der Waals surface area contributed by atoms with E-state index in [4.69, 9.17) is 14.5 Å². The highest BCUT2D eigenvalue weighted by atomic mass is 127. The van der Waals surface area contributed by atoms with Crippen molar-refractivity contribution in [2.45, 2.75) is 38.2 Å². The molecule has 1 aliphatic carbocycles. The summed E-state index contributed by atoms with van der Waals surface area (Å²) in [6.07, 6.45) is 3.00. The third-order valence-electron chi connectivity index (χ3n) is 5.56. The van der Waals surface area contributed by atoms with Crippen LogP contribution in [0.2, 0.25) is 0 Å². The van der Waals surface area contributed by atoms with Gasteiger partial charge in [-0.05, 0) is 49.4 Å². The monoisotopic (exact) mass is 525 g/mol. The van der Waals surface area contributed by atoms with Gasteiger partial charge in [-0.2, -0.15) is 0 Å². The quantitative estimate of drug-likeness (QED) is 0.324. The molecule has 0 bridgehead atoms. The molecule has 2 aliphatic rings. The summed E-state index contributed by atoms with van der Waals surface area (Å²) in [6, 6.07) is 13.7. The largest absolute Gasteiger partial charge is 0.467 e. The van der Waals surface area contributed by atoms with Gasteiger partial charge in [0, 0.05) is 24.1 Å². The number of guanidine groups is 1. The first-order chi connectivity index (χ1) is 14.2. The average molecular weight is 525 g/mol. The van der Waals surface area contributed by atoms with Crippen LogP contribution in [0.15, 0.2) is 47.5 Å². The van der Waals surface area contributed by atoms with Gasteiger partial charge in [-0.15, -0.1) is 24.0 Å². The first-order valence-electron chi connectivity index (χ1n) is 10.3. The molecule has 0 saturated heterocycles. The summed E-state index contributed by atoms with van der Waals surface area (Å²) in [6.45, 7) is 4.86. The molecule has 0 spiro atoms. The lowest BCUT2D eigenvalue weighted by Gasteiger charge is -2.21. The fourth-order valence-electron chi connectivity index (χ4n) is 3.81. The standard InChI is InChI=1S/C23H28FN3O2.HI/c1-2-25-22(27-15-23(9-10-23)19-6-4-3-5-7-19)26-11-8-17-12-20(24)13-18-14-28-16-29-21(17)18;/h3-7,12-13H,2,8-11,14-16H2,1H3,(H2,25,26,27);1H. The minimum absolute atomic E-state index is 0.